The predicted octanol–water partition coefficient (Wildman–Crippen LogP) is 1.04. The second-order valence-electron chi connectivity index (χ2n) is 5.16. The summed E-state index contributed by atoms with van der Waals surface area (Å²) < 4.78 is 1.59. The van der Waals surface area contributed by atoms with Crippen LogP contribution in [0.3, 0.4) is 0 Å². The Morgan fingerprint density at radius 1 is 1.26 bits per heavy atom. The van der Waals surface area contributed by atoms with Crippen molar-refractivity contribution in [3.63, 3.8) is 0 Å². The fourth-order valence-electron chi connectivity index (χ4n) is 1.24. The lowest BCUT2D eigenvalue weighted by atomic mass is 10.1. The predicted molar refractivity (Wildman–Crippen MR) is 71.5 cm³/mol. The highest BCUT2D eigenvalue weighted by Crippen LogP contribution is 2.20. The average molecular weight is 279 g/mol. The van der Waals surface area contributed by atoms with Crippen molar-refractivity contribution in [3.8, 4) is 0 Å². The van der Waals surface area contributed by atoms with Crippen LogP contribution >= 0.6 is 11.8 Å². The molecular formula is C11H17N7S. The van der Waals surface area contributed by atoms with Gasteiger partial charge in [0.25, 0.3) is 0 Å². The minimum absolute atomic E-state index is 0.0811. The van der Waals surface area contributed by atoms with Crippen molar-refractivity contribution in [1.82, 2.24) is 35.5 Å². The molecule has 1 N–H and O–H groups in total. The van der Waals surface area contributed by atoms with Gasteiger partial charge in [-0.1, -0.05) is 0 Å². The van der Waals surface area contributed by atoms with Crippen LogP contribution in [0.1, 0.15) is 26.3 Å². The third-order valence-electron chi connectivity index (χ3n) is 2.27. The lowest BCUT2D eigenvalue weighted by Crippen LogP contribution is -2.35. The van der Waals surface area contributed by atoms with Crippen molar-refractivity contribution < 1.29 is 0 Å². The Labute approximate surface area is 116 Å². The summed E-state index contributed by atoms with van der Waals surface area (Å²) in [6.07, 6.45) is 3.63. The molecule has 0 aromatic carbocycles. The SMILES string of the molecule is Cn1nnnc1Sc1ncc(CNC(C)(C)C)cn1. The van der Waals surface area contributed by atoms with Gasteiger partial charge in [-0.3, -0.25) is 0 Å². The van der Waals surface area contributed by atoms with Gasteiger partial charge < -0.3 is 5.32 Å². The van der Waals surface area contributed by atoms with Gasteiger partial charge in [0, 0.05) is 37.1 Å². The lowest BCUT2D eigenvalue weighted by molar-refractivity contribution is 0.423. The van der Waals surface area contributed by atoms with Crippen LogP contribution in [0.2, 0.25) is 0 Å². The summed E-state index contributed by atoms with van der Waals surface area (Å²) in [7, 11) is 1.78. The second kappa shape index (κ2) is 5.62. The highest BCUT2D eigenvalue weighted by molar-refractivity contribution is 7.99. The van der Waals surface area contributed by atoms with Crippen LogP contribution < -0.4 is 5.32 Å². The van der Waals surface area contributed by atoms with Crippen LogP contribution in [-0.4, -0.2) is 35.7 Å². The van der Waals surface area contributed by atoms with Gasteiger partial charge in [0.1, 0.15) is 0 Å². The van der Waals surface area contributed by atoms with Crippen molar-refractivity contribution in [1.29, 1.82) is 0 Å². The molecule has 7 nitrogen and oxygen atoms in total. The van der Waals surface area contributed by atoms with E-state index >= 15 is 0 Å². The lowest BCUT2D eigenvalue weighted by Gasteiger charge is -2.20. The van der Waals surface area contributed by atoms with Crippen LogP contribution in [0.4, 0.5) is 0 Å². The largest absolute Gasteiger partial charge is 0.308 e. The summed E-state index contributed by atoms with van der Waals surface area (Å²) in [5.74, 6) is 0. The van der Waals surface area contributed by atoms with E-state index in [1.165, 1.54) is 11.8 Å². The van der Waals surface area contributed by atoms with E-state index < -0.39 is 0 Å². The number of hydrogen-bond acceptors (Lipinski definition) is 7. The summed E-state index contributed by atoms with van der Waals surface area (Å²) in [5.41, 5.74) is 1.13. The number of aryl methyl sites for hydroxylation is 1. The Hall–Kier alpha value is -1.54. The van der Waals surface area contributed by atoms with Crippen LogP contribution in [0, 0.1) is 0 Å². The molecule has 0 aliphatic carbocycles. The van der Waals surface area contributed by atoms with Gasteiger partial charge in [0.15, 0.2) is 5.16 Å². The van der Waals surface area contributed by atoms with Crippen molar-refractivity contribution in [2.24, 2.45) is 7.05 Å². The summed E-state index contributed by atoms with van der Waals surface area (Å²) in [5, 5.41) is 15.9. The molecule has 2 heterocycles. The number of aromatic nitrogens is 6. The number of nitrogens with zero attached hydrogens (tertiary/aromatic N) is 6. The van der Waals surface area contributed by atoms with Crippen molar-refractivity contribution in [2.45, 2.75) is 43.2 Å². The average Bonchev–Trinajstić information content (AvgIpc) is 2.73. The van der Waals surface area contributed by atoms with E-state index in [0.29, 0.717) is 10.3 Å². The Morgan fingerprint density at radius 2 is 1.95 bits per heavy atom. The molecule has 0 aliphatic heterocycles. The number of hydrogen-bond donors (Lipinski definition) is 1. The van der Waals surface area contributed by atoms with E-state index in [4.69, 9.17) is 0 Å². The molecule has 2 rings (SSSR count). The molecule has 19 heavy (non-hydrogen) atoms. The minimum Gasteiger partial charge on any atom is -0.308 e. The zero-order valence-electron chi connectivity index (χ0n) is 11.5. The van der Waals surface area contributed by atoms with Crippen LogP contribution in [-0.2, 0) is 13.6 Å². The van der Waals surface area contributed by atoms with E-state index in [9.17, 15) is 0 Å². The van der Waals surface area contributed by atoms with E-state index in [1.54, 1.807) is 11.7 Å². The Balaban J connectivity index is 1.97. The molecule has 2 aromatic heterocycles. The Bertz CT molecular complexity index is 529. The first kappa shape index (κ1) is 13.9. The third-order valence-corrected chi connectivity index (χ3v) is 3.19. The number of tetrazole rings is 1. The highest BCUT2D eigenvalue weighted by atomic mass is 32.2. The van der Waals surface area contributed by atoms with Gasteiger partial charge in [-0.2, -0.15) is 0 Å². The van der Waals surface area contributed by atoms with Gasteiger partial charge in [0.05, 0.1) is 0 Å². The first-order valence-corrected chi connectivity index (χ1v) is 6.72. The summed E-state index contributed by atoms with van der Waals surface area (Å²) in [6.45, 7) is 7.12. The smallest absolute Gasteiger partial charge is 0.216 e. The molecule has 0 bridgehead atoms. The number of rotatable bonds is 4. The normalized spacial score (nSPS) is 11.8. The molecule has 0 saturated carbocycles. The second-order valence-corrected chi connectivity index (χ2v) is 6.10. The van der Waals surface area contributed by atoms with Gasteiger partial charge >= 0.3 is 0 Å². The van der Waals surface area contributed by atoms with Crippen molar-refractivity contribution in [2.75, 3.05) is 0 Å². The van der Waals surface area contributed by atoms with E-state index in [0.717, 1.165) is 12.1 Å². The van der Waals surface area contributed by atoms with E-state index in [1.807, 2.05) is 12.4 Å². The molecule has 8 heteroatoms. The molecule has 0 unspecified atom stereocenters. The quantitative estimate of drug-likeness (QED) is 0.837. The maximum Gasteiger partial charge on any atom is 0.216 e. The van der Waals surface area contributed by atoms with Gasteiger partial charge in [-0.15, -0.1) is 5.10 Å². The molecule has 0 atom stereocenters. The summed E-state index contributed by atoms with van der Waals surface area (Å²) in [4.78, 5) is 8.60. The fourth-order valence-corrected chi connectivity index (χ4v) is 1.86. The highest BCUT2D eigenvalue weighted by Gasteiger charge is 2.10. The molecule has 2 aromatic rings. The summed E-state index contributed by atoms with van der Waals surface area (Å²) in [6, 6.07) is 0. The van der Waals surface area contributed by atoms with Crippen molar-refractivity contribution >= 4 is 11.8 Å². The topological polar surface area (TPSA) is 81.4 Å². The van der Waals surface area contributed by atoms with Crippen LogP contribution in [0.15, 0.2) is 22.7 Å². The van der Waals surface area contributed by atoms with Crippen LogP contribution in [0.25, 0.3) is 0 Å². The molecular weight excluding hydrogens is 262 g/mol. The molecule has 0 spiro atoms. The van der Waals surface area contributed by atoms with Gasteiger partial charge in [0.2, 0.25) is 5.16 Å². The molecule has 0 saturated heterocycles. The first-order valence-electron chi connectivity index (χ1n) is 5.90. The van der Waals surface area contributed by atoms with Gasteiger partial charge in [-0.25, -0.2) is 14.6 Å². The maximum atomic E-state index is 4.30. The molecule has 102 valence electrons. The van der Waals surface area contributed by atoms with E-state index in [2.05, 4.69) is 51.6 Å². The zero-order chi connectivity index (χ0) is 13.9. The first-order chi connectivity index (χ1) is 8.94. The van der Waals surface area contributed by atoms with Gasteiger partial charge in [-0.05, 0) is 43.0 Å². The fraction of sp³-hybridized carbons (Fsp3) is 0.545. The van der Waals surface area contributed by atoms with E-state index in [-0.39, 0.29) is 5.54 Å². The summed E-state index contributed by atoms with van der Waals surface area (Å²) >= 11 is 1.34. The maximum absolute atomic E-state index is 4.30. The molecule has 0 radical (unpaired) electrons. The Morgan fingerprint density at radius 3 is 2.47 bits per heavy atom. The van der Waals surface area contributed by atoms with Crippen molar-refractivity contribution in [3.05, 3.63) is 18.0 Å². The minimum atomic E-state index is 0.0811. The molecule has 0 fully saturated rings. The standard InChI is InChI=1S/C11H17N7S/c1-11(2,3)14-7-8-5-12-9(13-6-8)19-10-15-16-17-18(10)4/h5-6,14H,7H2,1-4H3. The number of nitrogens with one attached hydrogen (secondary N) is 1. The Kier molecular flexibility index (Phi) is 4.11. The third kappa shape index (κ3) is 4.25. The molecule has 0 aliphatic rings. The molecule has 0 amide bonds. The van der Waals surface area contributed by atoms with Crippen LogP contribution in [0.5, 0.6) is 0 Å². The monoisotopic (exact) mass is 279 g/mol. The zero-order valence-corrected chi connectivity index (χ0v) is 12.3.